The number of ether oxygens (including phenoxy) is 5. The van der Waals surface area contributed by atoms with Gasteiger partial charge in [0.15, 0.2) is 5.78 Å². The van der Waals surface area contributed by atoms with E-state index in [4.69, 9.17) is 23.7 Å². The first-order valence-electron chi connectivity index (χ1n) is 15.0. The van der Waals surface area contributed by atoms with Gasteiger partial charge in [0.2, 0.25) is 12.1 Å². The zero-order valence-corrected chi connectivity index (χ0v) is 24.0. The summed E-state index contributed by atoms with van der Waals surface area (Å²) < 4.78 is 29.1. The zero-order chi connectivity index (χ0) is 29.3. The summed E-state index contributed by atoms with van der Waals surface area (Å²) in [5.74, 6) is -4.02. The van der Waals surface area contributed by atoms with E-state index in [1.165, 1.54) is 13.2 Å². The minimum absolute atomic E-state index is 0.0841. The van der Waals surface area contributed by atoms with Crippen LogP contribution in [0.3, 0.4) is 0 Å². The Morgan fingerprint density at radius 3 is 2.49 bits per heavy atom. The Morgan fingerprint density at radius 2 is 1.80 bits per heavy atom. The lowest BCUT2D eigenvalue weighted by Crippen LogP contribution is -2.75. The Hall–Kier alpha value is -1.44. The van der Waals surface area contributed by atoms with Crippen LogP contribution in [0.1, 0.15) is 59.3 Å². The smallest absolute Gasteiger partial charge is 0.331 e. The number of hydrogen-bond donors (Lipinski definition) is 4. The summed E-state index contributed by atoms with van der Waals surface area (Å²) in [4.78, 5) is 26.1. The third-order valence-corrected chi connectivity index (χ3v) is 12.6. The molecule has 0 aromatic carbocycles. The van der Waals surface area contributed by atoms with Crippen molar-refractivity contribution in [3.63, 3.8) is 0 Å². The second-order valence-electron chi connectivity index (χ2n) is 14.1. The number of carbonyl (C=O) groups is 2. The molecule has 11 nitrogen and oxygen atoms in total. The van der Waals surface area contributed by atoms with E-state index >= 15 is 0 Å². The van der Waals surface area contributed by atoms with Gasteiger partial charge >= 0.3 is 5.97 Å². The van der Waals surface area contributed by atoms with Gasteiger partial charge in [-0.25, -0.2) is 4.79 Å². The number of esters is 1. The maximum absolute atomic E-state index is 14.2. The molecule has 0 radical (unpaired) electrons. The van der Waals surface area contributed by atoms with E-state index in [0.717, 1.165) is 6.42 Å². The quantitative estimate of drug-likeness (QED) is 0.268. The Bertz CT molecular complexity index is 1170. The molecule has 7 aliphatic rings. The molecule has 0 bridgehead atoms. The highest BCUT2D eigenvalue weighted by Crippen LogP contribution is 2.69. The lowest BCUT2D eigenvalue weighted by atomic mass is 9.42. The van der Waals surface area contributed by atoms with Crippen molar-refractivity contribution < 1.29 is 53.7 Å². The standard InChI is InChI=1S/C30H42O11/c1-13-22(32)25(37-4)30(36)26(39-13)40-18-10-15-5-6-17-21(27(15,2)11-19(18)41-30)23(33)24(34)28(3)16(7-8-29(17,28)35)14-9-20(31)38-12-14/h9,13,15-19,21-23,25-26,32-33,35-36H,5-8,10-12H2,1-4H3. The number of ketones is 1. The Balaban J connectivity index is 1.21. The molecule has 11 heteroatoms. The molecule has 4 N–H and O–H groups in total. The fourth-order valence-corrected chi connectivity index (χ4v) is 10.4. The summed E-state index contributed by atoms with van der Waals surface area (Å²) in [6, 6.07) is 0. The fourth-order valence-electron chi connectivity index (χ4n) is 10.4. The molecule has 0 aromatic heterocycles. The number of rotatable bonds is 2. The number of fused-ring (bicyclic) bond motifs is 7. The van der Waals surface area contributed by atoms with Gasteiger partial charge < -0.3 is 44.1 Å². The number of aliphatic hydroxyl groups is 4. The van der Waals surface area contributed by atoms with Gasteiger partial charge in [-0.3, -0.25) is 4.79 Å². The predicted octanol–water partition coefficient (Wildman–Crippen LogP) is 0.596. The van der Waals surface area contributed by atoms with Gasteiger partial charge in [-0.2, -0.15) is 0 Å². The highest BCUT2D eigenvalue weighted by Gasteiger charge is 2.75. The number of cyclic esters (lactones) is 1. The minimum atomic E-state index is -2.04. The van der Waals surface area contributed by atoms with Crippen LogP contribution in [0.5, 0.6) is 0 Å². The van der Waals surface area contributed by atoms with Crippen molar-refractivity contribution in [3.8, 4) is 0 Å². The first kappa shape index (κ1) is 28.3. The van der Waals surface area contributed by atoms with Crippen LogP contribution >= 0.6 is 0 Å². The Labute approximate surface area is 239 Å². The molecule has 4 aliphatic carbocycles. The second kappa shape index (κ2) is 9.04. The van der Waals surface area contributed by atoms with Crippen molar-refractivity contribution >= 4 is 11.8 Å². The average molecular weight is 579 g/mol. The molecule has 0 amide bonds. The molecule has 6 fully saturated rings. The van der Waals surface area contributed by atoms with E-state index in [2.05, 4.69) is 6.92 Å². The van der Waals surface area contributed by atoms with E-state index in [0.29, 0.717) is 37.7 Å². The summed E-state index contributed by atoms with van der Waals surface area (Å²) in [6.45, 7) is 5.62. The maximum Gasteiger partial charge on any atom is 0.331 e. The maximum atomic E-state index is 14.2. The molecular formula is C30H42O11. The molecule has 3 aliphatic heterocycles. The topological polar surface area (TPSA) is 161 Å². The van der Waals surface area contributed by atoms with Gasteiger partial charge in [-0.1, -0.05) is 6.92 Å². The molecule has 3 heterocycles. The van der Waals surface area contributed by atoms with Crippen LogP contribution in [-0.4, -0.2) is 100 Å². The van der Waals surface area contributed by atoms with Gasteiger partial charge in [0.05, 0.1) is 29.3 Å². The van der Waals surface area contributed by atoms with Crippen molar-refractivity contribution in [2.45, 2.75) is 114 Å². The van der Waals surface area contributed by atoms with Crippen LogP contribution in [0.4, 0.5) is 0 Å². The van der Waals surface area contributed by atoms with Gasteiger partial charge in [0.25, 0.3) is 0 Å². The van der Waals surface area contributed by atoms with E-state index in [1.807, 2.05) is 0 Å². The number of hydrogen-bond acceptors (Lipinski definition) is 11. The van der Waals surface area contributed by atoms with Crippen LogP contribution in [0.2, 0.25) is 0 Å². The van der Waals surface area contributed by atoms with Crippen LogP contribution in [0.25, 0.3) is 0 Å². The lowest BCUT2D eigenvalue weighted by molar-refractivity contribution is -0.471. The lowest BCUT2D eigenvalue weighted by Gasteiger charge is -2.66. The largest absolute Gasteiger partial charge is 0.458 e. The van der Waals surface area contributed by atoms with E-state index in [-0.39, 0.29) is 36.2 Å². The first-order chi connectivity index (χ1) is 19.3. The van der Waals surface area contributed by atoms with Gasteiger partial charge in [-0.05, 0) is 81.1 Å². The third kappa shape index (κ3) is 3.49. The number of carbonyl (C=O) groups excluding carboxylic acids is 2. The molecule has 228 valence electrons. The van der Waals surface area contributed by atoms with Gasteiger partial charge in [0, 0.05) is 19.1 Å². The SMILES string of the molecule is COC1C(O)C(C)OC2OC3CC4CCC5C(C(O)C(=O)C6(C)C(C7=CC(=O)OC7)CCC56O)C4(C)CC3OC21O. The molecule has 15 atom stereocenters. The summed E-state index contributed by atoms with van der Waals surface area (Å²) in [5, 5.41) is 46.6. The summed E-state index contributed by atoms with van der Waals surface area (Å²) in [6.07, 6.45) is -1.52. The van der Waals surface area contributed by atoms with Crippen molar-refractivity contribution in [3.05, 3.63) is 11.6 Å². The van der Waals surface area contributed by atoms with Gasteiger partial charge in [0.1, 0.15) is 24.9 Å². The monoisotopic (exact) mass is 578 g/mol. The Morgan fingerprint density at radius 1 is 1.05 bits per heavy atom. The Kier molecular flexibility index (Phi) is 6.25. The molecule has 4 saturated carbocycles. The van der Waals surface area contributed by atoms with Crippen molar-refractivity contribution in [2.75, 3.05) is 13.7 Å². The first-order valence-corrected chi connectivity index (χ1v) is 15.0. The zero-order valence-electron chi connectivity index (χ0n) is 24.0. The summed E-state index contributed by atoms with van der Waals surface area (Å²) >= 11 is 0. The third-order valence-electron chi connectivity index (χ3n) is 12.6. The normalized spacial score (nSPS) is 58.0. The molecule has 2 saturated heterocycles. The van der Waals surface area contributed by atoms with E-state index in [1.54, 1.807) is 13.8 Å². The van der Waals surface area contributed by atoms with Crippen molar-refractivity contribution in [2.24, 2.45) is 34.5 Å². The number of aliphatic hydroxyl groups excluding tert-OH is 2. The summed E-state index contributed by atoms with van der Waals surface area (Å²) in [5.41, 5.74) is -2.47. The van der Waals surface area contributed by atoms with E-state index in [9.17, 15) is 30.0 Å². The number of methoxy groups -OCH3 is 1. The van der Waals surface area contributed by atoms with Crippen molar-refractivity contribution in [1.29, 1.82) is 0 Å². The van der Waals surface area contributed by atoms with Crippen LogP contribution in [-0.2, 0) is 33.3 Å². The molecule has 15 unspecified atom stereocenters. The average Bonchev–Trinajstić information content (AvgIpc) is 3.46. The molecular weight excluding hydrogens is 536 g/mol. The number of Topliss-reactive ketones (excluding diaryl/α,β-unsaturated/α-hetero) is 1. The molecule has 0 aromatic rings. The van der Waals surface area contributed by atoms with Crippen LogP contribution in [0.15, 0.2) is 11.6 Å². The molecule has 0 spiro atoms. The molecule has 41 heavy (non-hydrogen) atoms. The predicted molar refractivity (Wildman–Crippen MR) is 139 cm³/mol. The minimum Gasteiger partial charge on any atom is -0.458 e. The van der Waals surface area contributed by atoms with E-state index < -0.39 is 70.9 Å². The second-order valence-corrected chi connectivity index (χ2v) is 14.1. The molecule has 7 rings (SSSR count). The fraction of sp³-hybridized carbons (Fsp3) is 0.867. The van der Waals surface area contributed by atoms with Crippen LogP contribution in [0, 0.1) is 34.5 Å². The van der Waals surface area contributed by atoms with Crippen molar-refractivity contribution in [1.82, 2.24) is 0 Å². The highest BCUT2D eigenvalue weighted by atomic mass is 16.8. The van der Waals surface area contributed by atoms with Crippen LogP contribution < -0.4 is 0 Å². The highest BCUT2D eigenvalue weighted by molar-refractivity contribution is 5.93. The van der Waals surface area contributed by atoms with Gasteiger partial charge in [-0.15, -0.1) is 0 Å². The summed E-state index contributed by atoms with van der Waals surface area (Å²) in [7, 11) is 1.39.